The fraction of sp³-hybridized carbons (Fsp3) is 0.364. The van der Waals surface area contributed by atoms with Gasteiger partial charge < -0.3 is 10.5 Å². The Kier molecular flexibility index (Phi) is 3.98. The lowest BCUT2D eigenvalue weighted by Gasteiger charge is -2.09. The van der Waals surface area contributed by atoms with Crippen LogP contribution < -0.4 is 5.73 Å². The molecule has 2 N–H and O–H groups in total. The first-order valence-electron chi connectivity index (χ1n) is 4.95. The van der Waals surface area contributed by atoms with E-state index < -0.39 is 18.6 Å². The number of hydrogen-bond acceptors (Lipinski definition) is 3. The number of carbonyl (C=O) groups excluding carboxylic acids is 1. The van der Waals surface area contributed by atoms with Crippen molar-refractivity contribution in [3.05, 3.63) is 29.3 Å². The molecule has 1 aromatic carbocycles. The molecule has 0 aliphatic carbocycles. The predicted octanol–water partition coefficient (Wildman–Crippen LogP) is 2.55. The van der Waals surface area contributed by atoms with Crippen molar-refractivity contribution in [2.45, 2.75) is 19.5 Å². The SMILES string of the molecule is CCOC(=O)c1cc(CC(F)(F)F)ccc1N. The lowest BCUT2D eigenvalue weighted by atomic mass is 10.1. The highest BCUT2D eigenvalue weighted by molar-refractivity contribution is 5.95. The lowest BCUT2D eigenvalue weighted by Crippen LogP contribution is -2.13. The van der Waals surface area contributed by atoms with Crippen LogP contribution in [0.5, 0.6) is 0 Å². The van der Waals surface area contributed by atoms with Crippen molar-refractivity contribution in [3.8, 4) is 0 Å². The van der Waals surface area contributed by atoms with Crippen LogP contribution in [0.4, 0.5) is 18.9 Å². The fourth-order valence-corrected chi connectivity index (χ4v) is 1.33. The van der Waals surface area contributed by atoms with Crippen LogP contribution in [-0.2, 0) is 11.2 Å². The largest absolute Gasteiger partial charge is 0.462 e. The normalized spacial score (nSPS) is 11.3. The number of esters is 1. The van der Waals surface area contributed by atoms with Crippen LogP contribution in [0.3, 0.4) is 0 Å². The van der Waals surface area contributed by atoms with Crippen molar-refractivity contribution in [1.29, 1.82) is 0 Å². The van der Waals surface area contributed by atoms with Crippen LogP contribution in [0.2, 0.25) is 0 Å². The van der Waals surface area contributed by atoms with E-state index in [9.17, 15) is 18.0 Å². The van der Waals surface area contributed by atoms with Gasteiger partial charge in [-0.2, -0.15) is 13.2 Å². The van der Waals surface area contributed by atoms with Crippen LogP contribution in [0, 0.1) is 0 Å². The van der Waals surface area contributed by atoms with E-state index in [0.717, 1.165) is 6.07 Å². The summed E-state index contributed by atoms with van der Waals surface area (Å²) in [5, 5.41) is 0. The smallest absolute Gasteiger partial charge is 0.393 e. The van der Waals surface area contributed by atoms with Crippen LogP contribution in [0.1, 0.15) is 22.8 Å². The van der Waals surface area contributed by atoms with Gasteiger partial charge in [0.05, 0.1) is 18.6 Å². The van der Waals surface area contributed by atoms with E-state index in [1.54, 1.807) is 6.92 Å². The molecular weight excluding hydrogens is 235 g/mol. The maximum Gasteiger partial charge on any atom is 0.393 e. The van der Waals surface area contributed by atoms with Crippen LogP contribution in [0.25, 0.3) is 0 Å². The van der Waals surface area contributed by atoms with E-state index in [-0.39, 0.29) is 23.4 Å². The summed E-state index contributed by atoms with van der Waals surface area (Å²) < 4.78 is 41.2. The number of halogens is 3. The number of alkyl halides is 3. The van der Waals surface area contributed by atoms with E-state index in [1.807, 2.05) is 0 Å². The number of nitrogens with two attached hydrogens (primary N) is 1. The maximum atomic E-state index is 12.2. The maximum absolute atomic E-state index is 12.2. The van der Waals surface area contributed by atoms with Crippen LogP contribution >= 0.6 is 0 Å². The summed E-state index contributed by atoms with van der Waals surface area (Å²) >= 11 is 0. The summed E-state index contributed by atoms with van der Waals surface area (Å²) in [6, 6.07) is 3.62. The Morgan fingerprint density at radius 2 is 2.06 bits per heavy atom. The van der Waals surface area contributed by atoms with E-state index in [0.29, 0.717) is 0 Å². The highest BCUT2D eigenvalue weighted by Crippen LogP contribution is 2.24. The molecule has 0 radical (unpaired) electrons. The summed E-state index contributed by atoms with van der Waals surface area (Å²) in [7, 11) is 0. The third-order valence-corrected chi connectivity index (χ3v) is 2.02. The fourth-order valence-electron chi connectivity index (χ4n) is 1.33. The topological polar surface area (TPSA) is 52.3 Å². The molecule has 0 saturated heterocycles. The van der Waals surface area contributed by atoms with Gasteiger partial charge in [0, 0.05) is 5.69 Å². The first-order valence-corrected chi connectivity index (χ1v) is 4.95. The lowest BCUT2D eigenvalue weighted by molar-refractivity contribution is -0.127. The number of rotatable bonds is 3. The Balaban J connectivity index is 2.98. The Hall–Kier alpha value is -1.72. The molecule has 0 unspecified atom stereocenters. The summed E-state index contributed by atoms with van der Waals surface area (Å²) in [5.41, 5.74) is 5.56. The molecule has 0 spiro atoms. The molecular formula is C11H12F3NO2. The molecule has 0 aliphatic rings. The second kappa shape index (κ2) is 5.07. The Morgan fingerprint density at radius 3 is 2.59 bits per heavy atom. The molecule has 0 saturated carbocycles. The van der Waals surface area contributed by atoms with Gasteiger partial charge in [-0.1, -0.05) is 6.07 Å². The number of hydrogen-bond donors (Lipinski definition) is 1. The minimum absolute atomic E-state index is 0.0187. The second-order valence-electron chi connectivity index (χ2n) is 3.43. The van der Waals surface area contributed by atoms with Gasteiger partial charge in [-0.05, 0) is 24.6 Å². The van der Waals surface area contributed by atoms with Gasteiger partial charge in [-0.15, -0.1) is 0 Å². The zero-order chi connectivity index (χ0) is 13.1. The molecule has 0 aromatic heterocycles. The van der Waals surface area contributed by atoms with Crippen LogP contribution in [0.15, 0.2) is 18.2 Å². The van der Waals surface area contributed by atoms with Gasteiger partial charge in [-0.25, -0.2) is 4.79 Å². The van der Waals surface area contributed by atoms with Gasteiger partial charge in [0.15, 0.2) is 0 Å². The molecule has 0 fully saturated rings. The molecule has 1 rings (SSSR count). The first-order chi connectivity index (χ1) is 7.83. The average molecular weight is 247 g/mol. The minimum atomic E-state index is -4.32. The Labute approximate surface area is 96.4 Å². The van der Waals surface area contributed by atoms with E-state index in [2.05, 4.69) is 0 Å². The molecule has 0 amide bonds. The molecule has 0 heterocycles. The Bertz CT molecular complexity index is 416. The van der Waals surface area contributed by atoms with E-state index >= 15 is 0 Å². The van der Waals surface area contributed by atoms with Crippen molar-refractivity contribution >= 4 is 11.7 Å². The standard InChI is InChI=1S/C11H12F3NO2/c1-2-17-10(16)8-5-7(3-4-9(8)15)6-11(12,13)14/h3-5H,2,6,15H2,1H3. The summed E-state index contributed by atoms with van der Waals surface area (Å²) in [5.74, 6) is -0.714. The summed E-state index contributed by atoms with van der Waals surface area (Å²) in [4.78, 5) is 11.4. The molecule has 0 bridgehead atoms. The van der Waals surface area contributed by atoms with E-state index in [4.69, 9.17) is 10.5 Å². The molecule has 17 heavy (non-hydrogen) atoms. The highest BCUT2D eigenvalue weighted by Gasteiger charge is 2.28. The van der Waals surface area contributed by atoms with Crippen LogP contribution in [-0.4, -0.2) is 18.8 Å². The van der Waals surface area contributed by atoms with Gasteiger partial charge in [0.1, 0.15) is 0 Å². The van der Waals surface area contributed by atoms with Crippen molar-refractivity contribution < 1.29 is 22.7 Å². The Morgan fingerprint density at radius 1 is 1.41 bits per heavy atom. The van der Waals surface area contributed by atoms with Gasteiger partial charge in [0.2, 0.25) is 0 Å². The monoisotopic (exact) mass is 247 g/mol. The number of anilines is 1. The average Bonchev–Trinajstić information content (AvgIpc) is 2.19. The van der Waals surface area contributed by atoms with Gasteiger partial charge in [-0.3, -0.25) is 0 Å². The molecule has 0 aliphatic heterocycles. The zero-order valence-electron chi connectivity index (χ0n) is 9.17. The second-order valence-corrected chi connectivity index (χ2v) is 3.43. The number of benzene rings is 1. The zero-order valence-corrected chi connectivity index (χ0v) is 9.17. The van der Waals surface area contributed by atoms with Crippen molar-refractivity contribution in [2.24, 2.45) is 0 Å². The number of nitrogen functional groups attached to an aromatic ring is 1. The summed E-state index contributed by atoms with van der Waals surface area (Å²) in [6.45, 7) is 1.75. The molecule has 94 valence electrons. The first kappa shape index (κ1) is 13.3. The quantitative estimate of drug-likeness (QED) is 0.659. The third kappa shape index (κ3) is 3.97. The van der Waals surface area contributed by atoms with Crippen molar-refractivity contribution in [2.75, 3.05) is 12.3 Å². The van der Waals surface area contributed by atoms with Gasteiger partial charge >= 0.3 is 12.1 Å². The van der Waals surface area contributed by atoms with Crippen molar-refractivity contribution in [1.82, 2.24) is 0 Å². The molecule has 3 nitrogen and oxygen atoms in total. The predicted molar refractivity (Wildman–Crippen MR) is 56.6 cm³/mol. The number of carbonyl (C=O) groups is 1. The molecule has 0 atom stereocenters. The van der Waals surface area contributed by atoms with Crippen molar-refractivity contribution in [3.63, 3.8) is 0 Å². The van der Waals surface area contributed by atoms with Gasteiger partial charge in [0.25, 0.3) is 0 Å². The highest BCUT2D eigenvalue weighted by atomic mass is 19.4. The molecule has 1 aromatic rings. The third-order valence-electron chi connectivity index (χ3n) is 2.02. The minimum Gasteiger partial charge on any atom is -0.462 e. The number of ether oxygens (including phenoxy) is 1. The summed E-state index contributed by atoms with van der Waals surface area (Å²) in [6.07, 6.45) is -5.41. The van der Waals surface area contributed by atoms with E-state index in [1.165, 1.54) is 12.1 Å². The molecule has 6 heteroatoms.